The lowest BCUT2D eigenvalue weighted by Crippen LogP contribution is -2.43. The van der Waals surface area contributed by atoms with Gasteiger partial charge in [0.1, 0.15) is 11.5 Å². The molecule has 1 saturated heterocycles. The number of benzene rings is 1. The molecule has 156 valence electrons. The quantitative estimate of drug-likeness (QED) is 0.525. The lowest BCUT2D eigenvalue weighted by molar-refractivity contribution is 0.0736. The van der Waals surface area contributed by atoms with Crippen LogP contribution < -0.4 is 4.90 Å². The highest BCUT2D eigenvalue weighted by Crippen LogP contribution is 2.33. The molecule has 1 aromatic carbocycles. The van der Waals surface area contributed by atoms with Crippen molar-refractivity contribution in [2.24, 2.45) is 0 Å². The number of halogens is 2. The van der Waals surface area contributed by atoms with Crippen molar-refractivity contribution < 1.29 is 9.18 Å². The van der Waals surface area contributed by atoms with Crippen molar-refractivity contribution in [3.05, 3.63) is 57.7 Å². The van der Waals surface area contributed by atoms with Gasteiger partial charge in [0.25, 0.3) is 5.91 Å². The fourth-order valence-electron chi connectivity index (χ4n) is 3.70. The number of nitrogens with zero attached hydrogens (tertiary/aromatic N) is 5. The van der Waals surface area contributed by atoms with Gasteiger partial charge < -0.3 is 9.80 Å². The maximum absolute atomic E-state index is 13.4. The summed E-state index contributed by atoms with van der Waals surface area (Å²) in [5.74, 6) is 0.242. The van der Waals surface area contributed by atoms with Gasteiger partial charge >= 0.3 is 0 Å². The second-order valence-corrected chi connectivity index (χ2v) is 9.41. The summed E-state index contributed by atoms with van der Waals surface area (Å²) >= 11 is 4.80. The molecule has 3 heterocycles. The van der Waals surface area contributed by atoms with Crippen LogP contribution in [0.1, 0.15) is 28.3 Å². The summed E-state index contributed by atoms with van der Waals surface area (Å²) in [6, 6.07) is 6.26. The highest BCUT2D eigenvalue weighted by molar-refractivity contribution is 9.10. The zero-order valence-electron chi connectivity index (χ0n) is 16.7. The molecule has 0 saturated carbocycles. The third-order valence-corrected chi connectivity index (χ3v) is 6.54. The summed E-state index contributed by atoms with van der Waals surface area (Å²) in [5.41, 5.74) is 1.25. The zero-order chi connectivity index (χ0) is 21.3. The number of carbonyl (C=O) groups is 1. The SMILES string of the molecule is Cc1nc(C(=O)N2CCCC2CN(C)c2ncc(Br)cn2)c(-c2ccc(F)cc2)s1. The van der Waals surface area contributed by atoms with Crippen LogP contribution in [0.15, 0.2) is 41.1 Å². The van der Waals surface area contributed by atoms with Gasteiger partial charge in [0.15, 0.2) is 0 Å². The number of aromatic nitrogens is 3. The standard InChI is InChI=1S/C21H21BrFN5OS/c1-13-26-18(19(30-13)14-5-7-16(23)8-6-14)20(29)28-9-3-4-17(28)12-27(2)21-24-10-15(22)11-25-21/h5-8,10-11,17H,3-4,9,12H2,1-2H3. The van der Waals surface area contributed by atoms with Crippen LogP contribution in [0.5, 0.6) is 0 Å². The van der Waals surface area contributed by atoms with E-state index in [1.165, 1.54) is 23.5 Å². The van der Waals surface area contributed by atoms with Crippen LogP contribution in [-0.2, 0) is 0 Å². The monoisotopic (exact) mass is 489 g/mol. The molecule has 1 fully saturated rings. The molecule has 9 heteroatoms. The van der Waals surface area contributed by atoms with Crippen molar-refractivity contribution in [3.8, 4) is 10.4 Å². The number of hydrogen-bond acceptors (Lipinski definition) is 6. The predicted octanol–water partition coefficient (Wildman–Crippen LogP) is 4.55. The highest BCUT2D eigenvalue weighted by atomic mass is 79.9. The molecule has 30 heavy (non-hydrogen) atoms. The summed E-state index contributed by atoms with van der Waals surface area (Å²) in [5, 5.41) is 0.814. The Kier molecular flexibility index (Phi) is 6.10. The number of anilines is 1. The maximum atomic E-state index is 13.4. The molecular formula is C21H21BrFN5OS. The largest absolute Gasteiger partial charge is 0.342 e. The van der Waals surface area contributed by atoms with E-state index in [-0.39, 0.29) is 17.8 Å². The number of carbonyl (C=O) groups excluding carboxylic acids is 1. The average Bonchev–Trinajstić information content (AvgIpc) is 3.35. The Morgan fingerprint density at radius 3 is 2.70 bits per heavy atom. The first-order valence-corrected chi connectivity index (χ1v) is 11.3. The number of hydrogen-bond donors (Lipinski definition) is 0. The van der Waals surface area contributed by atoms with Crippen molar-refractivity contribution in [2.45, 2.75) is 25.8 Å². The van der Waals surface area contributed by atoms with Crippen molar-refractivity contribution in [1.29, 1.82) is 0 Å². The van der Waals surface area contributed by atoms with E-state index >= 15 is 0 Å². The number of amides is 1. The summed E-state index contributed by atoms with van der Waals surface area (Å²) in [6.45, 7) is 3.22. The van der Waals surface area contributed by atoms with Gasteiger partial charge in [-0.1, -0.05) is 12.1 Å². The Labute approximate surface area is 186 Å². The van der Waals surface area contributed by atoms with E-state index in [2.05, 4.69) is 30.9 Å². The van der Waals surface area contributed by atoms with Gasteiger partial charge in [-0.2, -0.15) is 0 Å². The molecular weight excluding hydrogens is 469 g/mol. The molecule has 4 rings (SSSR count). The lowest BCUT2D eigenvalue weighted by Gasteiger charge is -2.28. The molecule has 1 atom stereocenters. The second kappa shape index (κ2) is 8.77. The highest BCUT2D eigenvalue weighted by Gasteiger charge is 2.33. The second-order valence-electron chi connectivity index (χ2n) is 7.29. The molecule has 3 aromatic rings. The predicted molar refractivity (Wildman–Crippen MR) is 119 cm³/mol. The van der Waals surface area contributed by atoms with Gasteiger partial charge in [-0.05, 0) is 53.4 Å². The number of aryl methyl sites for hydroxylation is 1. The Balaban J connectivity index is 1.55. The van der Waals surface area contributed by atoms with E-state index in [0.717, 1.165) is 32.8 Å². The first-order chi connectivity index (χ1) is 14.4. The fraction of sp³-hybridized carbons (Fsp3) is 0.333. The average molecular weight is 490 g/mol. The summed E-state index contributed by atoms with van der Waals surface area (Å²) < 4.78 is 14.2. The number of likely N-dealkylation sites (tertiary alicyclic amines) is 1. The molecule has 1 aliphatic heterocycles. The minimum atomic E-state index is -0.300. The first kappa shape index (κ1) is 20.9. The molecule has 1 aliphatic rings. The topological polar surface area (TPSA) is 62.2 Å². The molecule has 1 amide bonds. The van der Waals surface area contributed by atoms with E-state index in [0.29, 0.717) is 24.7 Å². The van der Waals surface area contributed by atoms with Crippen LogP contribution in [0.4, 0.5) is 10.3 Å². The normalized spacial score (nSPS) is 16.1. The Bertz CT molecular complexity index is 1040. The summed E-state index contributed by atoms with van der Waals surface area (Å²) in [4.78, 5) is 31.3. The summed E-state index contributed by atoms with van der Waals surface area (Å²) in [7, 11) is 1.93. The molecule has 0 aliphatic carbocycles. The Hall–Kier alpha value is -2.39. The molecule has 6 nitrogen and oxygen atoms in total. The van der Waals surface area contributed by atoms with Crippen molar-refractivity contribution in [1.82, 2.24) is 19.9 Å². The van der Waals surface area contributed by atoms with Gasteiger partial charge in [0.05, 0.1) is 14.4 Å². The van der Waals surface area contributed by atoms with Crippen LogP contribution in [-0.4, -0.2) is 51.9 Å². The van der Waals surface area contributed by atoms with Crippen LogP contribution in [0.2, 0.25) is 0 Å². The van der Waals surface area contributed by atoms with Crippen LogP contribution >= 0.6 is 27.3 Å². The van der Waals surface area contributed by atoms with Crippen LogP contribution in [0.3, 0.4) is 0 Å². The van der Waals surface area contributed by atoms with Gasteiger partial charge in [-0.25, -0.2) is 19.3 Å². The van der Waals surface area contributed by atoms with E-state index in [1.807, 2.05) is 23.8 Å². The van der Waals surface area contributed by atoms with Crippen molar-refractivity contribution >= 4 is 39.1 Å². The van der Waals surface area contributed by atoms with E-state index in [9.17, 15) is 9.18 Å². The third kappa shape index (κ3) is 4.37. The number of rotatable bonds is 5. The van der Waals surface area contributed by atoms with Gasteiger partial charge in [0, 0.05) is 38.6 Å². The van der Waals surface area contributed by atoms with Crippen molar-refractivity contribution in [3.63, 3.8) is 0 Å². The van der Waals surface area contributed by atoms with E-state index in [4.69, 9.17) is 0 Å². The number of thiazole rings is 1. The van der Waals surface area contributed by atoms with Gasteiger partial charge in [-0.3, -0.25) is 4.79 Å². The third-order valence-electron chi connectivity index (χ3n) is 5.11. The van der Waals surface area contributed by atoms with E-state index < -0.39 is 0 Å². The smallest absolute Gasteiger partial charge is 0.274 e. The minimum absolute atomic E-state index is 0.0535. The first-order valence-electron chi connectivity index (χ1n) is 9.65. The minimum Gasteiger partial charge on any atom is -0.342 e. The summed E-state index contributed by atoms with van der Waals surface area (Å²) in [6.07, 6.45) is 5.29. The molecule has 2 aromatic heterocycles. The van der Waals surface area contributed by atoms with Crippen molar-refractivity contribution in [2.75, 3.05) is 25.0 Å². The fourth-order valence-corrected chi connectivity index (χ4v) is 4.82. The van der Waals surface area contributed by atoms with Gasteiger partial charge in [0.2, 0.25) is 5.95 Å². The zero-order valence-corrected chi connectivity index (χ0v) is 19.1. The number of likely N-dealkylation sites (N-methyl/N-ethyl adjacent to an activating group) is 1. The molecule has 0 bridgehead atoms. The molecule has 0 N–H and O–H groups in total. The molecule has 1 unspecified atom stereocenters. The lowest BCUT2D eigenvalue weighted by atomic mass is 10.1. The van der Waals surface area contributed by atoms with E-state index in [1.54, 1.807) is 24.5 Å². The molecule has 0 radical (unpaired) electrons. The van der Waals surface area contributed by atoms with Crippen LogP contribution in [0, 0.1) is 12.7 Å². The van der Waals surface area contributed by atoms with Crippen LogP contribution in [0.25, 0.3) is 10.4 Å². The Morgan fingerprint density at radius 1 is 1.30 bits per heavy atom. The molecule has 0 spiro atoms. The maximum Gasteiger partial charge on any atom is 0.274 e. The Morgan fingerprint density at radius 2 is 2.00 bits per heavy atom. The van der Waals surface area contributed by atoms with Gasteiger partial charge in [-0.15, -0.1) is 11.3 Å².